The minimum Gasteiger partial charge on any atom is -0.545 e. The van der Waals surface area contributed by atoms with Gasteiger partial charge in [-0.15, -0.1) is 0 Å². The standard InChI is InChI=1S/C15H21NO2/c17-15(18)14-10-6-5-7-12(14)11-16-13-8-3-1-2-4-9-13/h5-7,10,13,16H,1-4,8-9,11H2,(H,17,18). The van der Waals surface area contributed by atoms with Gasteiger partial charge in [-0.05, 0) is 25.7 Å². The van der Waals surface area contributed by atoms with Crippen LogP contribution in [0.4, 0.5) is 0 Å². The molecule has 0 unspecified atom stereocenters. The third-order valence-corrected chi connectivity index (χ3v) is 3.81. The Labute approximate surface area is 108 Å². The van der Waals surface area contributed by atoms with Crippen LogP contribution in [-0.4, -0.2) is 12.0 Å². The van der Waals surface area contributed by atoms with Gasteiger partial charge in [0.2, 0.25) is 0 Å². The molecule has 0 spiro atoms. The topological polar surface area (TPSA) is 56.7 Å². The fourth-order valence-corrected chi connectivity index (χ4v) is 2.74. The second-order valence-corrected chi connectivity index (χ2v) is 5.14. The first kappa shape index (κ1) is 13.1. The van der Waals surface area contributed by atoms with Gasteiger partial charge in [0.15, 0.2) is 0 Å². The highest BCUT2D eigenvalue weighted by Gasteiger charge is 2.15. The Morgan fingerprint density at radius 3 is 2.50 bits per heavy atom. The molecule has 3 nitrogen and oxygen atoms in total. The number of aromatic carboxylic acids is 1. The lowest BCUT2D eigenvalue weighted by atomic mass is 10.1. The van der Waals surface area contributed by atoms with Crippen molar-refractivity contribution >= 4 is 5.97 Å². The van der Waals surface area contributed by atoms with E-state index in [1.54, 1.807) is 12.1 Å². The Balaban J connectivity index is 1.94. The summed E-state index contributed by atoms with van der Waals surface area (Å²) in [5.41, 5.74) is 1.21. The lowest BCUT2D eigenvalue weighted by molar-refractivity contribution is -0.705. The lowest BCUT2D eigenvalue weighted by Gasteiger charge is -2.15. The van der Waals surface area contributed by atoms with Crippen molar-refractivity contribution in [2.45, 2.75) is 51.1 Å². The van der Waals surface area contributed by atoms with E-state index in [1.807, 2.05) is 12.1 Å². The molecule has 0 heterocycles. The van der Waals surface area contributed by atoms with Crippen molar-refractivity contribution in [3.8, 4) is 0 Å². The molecule has 0 amide bonds. The molecule has 0 aromatic heterocycles. The van der Waals surface area contributed by atoms with Crippen molar-refractivity contribution in [2.75, 3.05) is 0 Å². The van der Waals surface area contributed by atoms with E-state index in [2.05, 4.69) is 5.32 Å². The first-order valence-electron chi connectivity index (χ1n) is 6.90. The number of rotatable bonds is 4. The van der Waals surface area contributed by atoms with Crippen molar-refractivity contribution in [3.63, 3.8) is 0 Å². The maximum absolute atomic E-state index is 11.0. The van der Waals surface area contributed by atoms with Crippen LogP contribution in [0.25, 0.3) is 0 Å². The lowest BCUT2D eigenvalue weighted by Crippen LogP contribution is -2.88. The van der Waals surface area contributed by atoms with Crippen molar-refractivity contribution in [3.05, 3.63) is 35.4 Å². The van der Waals surface area contributed by atoms with Gasteiger partial charge in [-0.1, -0.05) is 37.1 Å². The molecule has 1 aliphatic rings. The van der Waals surface area contributed by atoms with Crippen LogP contribution in [0.2, 0.25) is 0 Å². The van der Waals surface area contributed by atoms with Gasteiger partial charge in [0.25, 0.3) is 0 Å². The molecule has 1 aromatic rings. The van der Waals surface area contributed by atoms with Crippen LogP contribution in [0.3, 0.4) is 0 Å². The zero-order valence-electron chi connectivity index (χ0n) is 10.7. The minimum atomic E-state index is -1.07. The Morgan fingerprint density at radius 1 is 1.17 bits per heavy atom. The summed E-state index contributed by atoms with van der Waals surface area (Å²) in [6.45, 7) is 0.745. The van der Waals surface area contributed by atoms with Crippen LogP contribution in [0.1, 0.15) is 54.4 Å². The molecule has 1 aromatic carbocycles. The van der Waals surface area contributed by atoms with Gasteiger partial charge in [-0.2, -0.15) is 0 Å². The van der Waals surface area contributed by atoms with E-state index in [9.17, 15) is 9.90 Å². The number of quaternary nitrogens is 1. The summed E-state index contributed by atoms with van der Waals surface area (Å²) in [4.78, 5) is 11.0. The molecular weight excluding hydrogens is 226 g/mol. The highest BCUT2D eigenvalue weighted by Crippen LogP contribution is 2.15. The second-order valence-electron chi connectivity index (χ2n) is 5.14. The molecule has 0 radical (unpaired) electrons. The number of benzene rings is 1. The van der Waals surface area contributed by atoms with Gasteiger partial charge in [-0.25, -0.2) is 0 Å². The molecule has 2 N–H and O–H groups in total. The van der Waals surface area contributed by atoms with Crippen molar-refractivity contribution in [1.29, 1.82) is 0 Å². The average Bonchev–Trinajstić information content (AvgIpc) is 2.65. The Kier molecular flexibility index (Phi) is 4.76. The van der Waals surface area contributed by atoms with Crippen LogP contribution >= 0.6 is 0 Å². The number of hydrogen-bond donors (Lipinski definition) is 1. The fourth-order valence-electron chi connectivity index (χ4n) is 2.74. The summed E-state index contributed by atoms with van der Waals surface area (Å²) in [5, 5.41) is 13.3. The maximum Gasteiger partial charge on any atom is 0.102 e. The van der Waals surface area contributed by atoms with Crippen LogP contribution in [0.5, 0.6) is 0 Å². The number of nitrogens with two attached hydrogens (primary N) is 1. The normalized spacial score (nSPS) is 17.3. The molecule has 1 fully saturated rings. The smallest absolute Gasteiger partial charge is 0.102 e. The van der Waals surface area contributed by atoms with Gasteiger partial charge < -0.3 is 15.2 Å². The fraction of sp³-hybridized carbons (Fsp3) is 0.533. The molecule has 3 heteroatoms. The molecule has 2 rings (SSSR count). The van der Waals surface area contributed by atoms with Gasteiger partial charge in [0, 0.05) is 11.1 Å². The quantitative estimate of drug-likeness (QED) is 0.801. The van der Waals surface area contributed by atoms with Crippen molar-refractivity contribution in [1.82, 2.24) is 0 Å². The predicted octanol–water partition coefficient (Wildman–Crippen LogP) is 0.836. The average molecular weight is 247 g/mol. The van der Waals surface area contributed by atoms with E-state index < -0.39 is 5.97 Å². The molecular formula is C15H21NO2. The summed E-state index contributed by atoms with van der Waals surface area (Å²) < 4.78 is 0. The maximum atomic E-state index is 11.0. The number of hydrogen-bond acceptors (Lipinski definition) is 2. The molecule has 18 heavy (non-hydrogen) atoms. The largest absolute Gasteiger partial charge is 0.545 e. The molecule has 1 aliphatic carbocycles. The number of carboxylic acid groups (broad SMARTS) is 1. The third kappa shape index (κ3) is 3.57. The highest BCUT2D eigenvalue weighted by molar-refractivity contribution is 5.87. The van der Waals surface area contributed by atoms with Gasteiger partial charge in [0.05, 0.1) is 12.0 Å². The summed E-state index contributed by atoms with van der Waals surface area (Å²) >= 11 is 0. The number of carboxylic acids is 1. The minimum absolute atomic E-state index is 0.336. The predicted molar refractivity (Wildman–Crippen MR) is 67.9 cm³/mol. The summed E-state index contributed by atoms with van der Waals surface area (Å²) in [7, 11) is 0. The molecule has 0 atom stereocenters. The van der Waals surface area contributed by atoms with Gasteiger partial charge in [0.1, 0.15) is 6.54 Å². The van der Waals surface area contributed by atoms with Crippen LogP contribution in [0.15, 0.2) is 24.3 Å². The van der Waals surface area contributed by atoms with E-state index in [0.717, 1.165) is 12.1 Å². The zero-order chi connectivity index (χ0) is 12.8. The zero-order valence-corrected chi connectivity index (χ0v) is 10.7. The third-order valence-electron chi connectivity index (χ3n) is 3.81. The summed E-state index contributed by atoms with van der Waals surface area (Å²) in [6.07, 6.45) is 7.83. The highest BCUT2D eigenvalue weighted by atomic mass is 16.4. The van der Waals surface area contributed by atoms with Crippen LogP contribution < -0.4 is 10.4 Å². The van der Waals surface area contributed by atoms with E-state index >= 15 is 0 Å². The molecule has 0 aliphatic heterocycles. The van der Waals surface area contributed by atoms with E-state index in [4.69, 9.17) is 0 Å². The Hall–Kier alpha value is -1.35. The first-order chi connectivity index (χ1) is 8.77. The first-order valence-corrected chi connectivity index (χ1v) is 6.90. The van der Waals surface area contributed by atoms with E-state index in [-0.39, 0.29) is 0 Å². The van der Waals surface area contributed by atoms with Crippen molar-refractivity contribution < 1.29 is 15.2 Å². The Bertz CT molecular complexity index is 395. The number of carbonyl (C=O) groups is 1. The molecule has 0 bridgehead atoms. The van der Waals surface area contributed by atoms with Crippen LogP contribution in [-0.2, 0) is 6.54 Å². The van der Waals surface area contributed by atoms with Gasteiger partial charge >= 0.3 is 0 Å². The SMILES string of the molecule is O=C([O-])c1ccccc1C[NH2+]C1CCCCCC1. The monoisotopic (exact) mass is 247 g/mol. The molecule has 1 saturated carbocycles. The second kappa shape index (κ2) is 6.55. The summed E-state index contributed by atoms with van der Waals surface area (Å²) in [5.74, 6) is -1.07. The van der Waals surface area contributed by atoms with Crippen LogP contribution in [0, 0.1) is 0 Å². The van der Waals surface area contributed by atoms with Gasteiger partial charge in [-0.3, -0.25) is 0 Å². The summed E-state index contributed by atoms with van der Waals surface area (Å²) in [6, 6.07) is 7.81. The Morgan fingerprint density at radius 2 is 1.83 bits per heavy atom. The number of carbonyl (C=O) groups excluding carboxylic acids is 1. The molecule has 98 valence electrons. The van der Waals surface area contributed by atoms with Crippen molar-refractivity contribution in [2.24, 2.45) is 0 Å². The molecule has 0 saturated heterocycles. The van der Waals surface area contributed by atoms with E-state index in [1.165, 1.54) is 38.5 Å². The van der Waals surface area contributed by atoms with E-state index in [0.29, 0.717) is 11.6 Å².